The van der Waals surface area contributed by atoms with Crippen LogP contribution in [-0.4, -0.2) is 37.4 Å². The van der Waals surface area contributed by atoms with Gasteiger partial charge in [-0.15, -0.1) is 12.4 Å². The first-order chi connectivity index (χ1) is 11.8. The van der Waals surface area contributed by atoms with Crippen LogP contribution in [0.4, 0.5) is 5.69 Å². The molecule has 0 spiro atoms. The van der Waals surface area contributed by atoms with Crippen LogP contribution in [0.25, 0.3) is 0 Å². The number of aromatic amines is 1. The molecular formula is C16H18ClN7O. The summed E-state index contributed by atoms with van der Waals surface area (Å²) < 4.78 is 1.77. The number of rotatable bonds is 4. The van der Waals surface area contributed by atoms with Gasteiger partial charge in [0.05, 0.1) is 18.4 Å². The molecule has 8 nitrogen and oxygen atoms in total. The van der Waals surface area contributed by atoms with Gasteiger partial charge in [0.15, 0.2) is 5.69 Å². The summed E-state index contributed by atoms with van der Waals surface area (Å²) in [6.07, 6.45) is 7.79. The van der Waals surface area contributed by atoms with Gasteiger partial charge in [-0.3, -0.25) is 19.6 Å². The van der Waals surface area contributed by atoms with Crippen molar-refractivity contribution in [1.82, 2.24) is 30.3 Å². The van der Waals surface area contributed by atoms with E-state index in [1.54, 1.807) is 29.5 Å². The zero-order valence-electron chi connectivity index (χ0n) is 13.4. The molecule has 1 aliphatic rings. The number of aromatic nitrogens is 5. The van der Waals surface area contributed by atoms with Crippen molar-refractivity contribution < 1.29 is 4.79 Å². The second-order valence-corrected chi connectivity index (χ2v) is 5.69. The van der Waals surface area contributed by atoms with Crippen molar-refractivity contribution in [2.24, 2.45) is 0 Å². The Balaban J connectivity index is 0.00000182. The van der Waals surface area contributed by atoms with Crippen LogP contribution in [0.3, 0.4) is 0 Å². The van der Waals surface area contributed by atoms with Crippen molar-refractivity contribution in [3.63, 3.8) is 0 Å². The SMILES string of the molecule is Cl.O=C(Nc1cnn(Cc2ccncc2)c1)c1n[nH]c2c1CNCC2. The van der Waals surface area contributed by atoms with Gasteiger partial charge in [0.2, 0.25) is 0 Å². The van der Waals surface area contributed by atoms with Gasteiger partial charge in [0.1, 0.15) is 0 Å². The van der Waals surface area contributed by atoms with E-state index in [-0.39, 0.29) is 18.3 Å². The summed E-state index contributed by atoms with van der Waals surface area (Å²) >= 11 is 0. The number of hydrogen-bond donors (Lipinski definition) is 3. The van der Waals surface area contributed by atoms with Crippen LogP contribution in [0.2, 0.25) is 0 Å². The molecule has 130 valence electrons. The highest BCUT2D eigenvalue weighted by Crippen LogP contribution is 2.17. The van der Waals surface area contributed by atoms with Crippen LogP contribution < -0.4 is 10.6 Å². The number of carbonyl (C=O) groups excluding carboxylic acids is 1. The molecule has 4 heterocycles. The summed E-state index contributed by atoms with van der Waals surface area (Å²) in [5, 5.41) is 17.5. The molecule has 1 aliphatic heterocycles. The molecule has 0 aliphatic carbocycles. The highest BCUT2D eigenvalue weighted by atomic mass is 35.5. The van der Waals surface area contributed by atoms with Crippen LogP contribution >= 0.6 is 12.4 Å². The van der Waals surface area contributed by atoms with Crippen LogP contribution in [0.5, 0.6) is 0 Å². The summed E-state index contributed by atoms with van der Waals surface area (Å²) in [6.45, 7) is 2.19. The zero-order valence-corrected chi connectivity index (χ0v) is 14.2. The maximum atomic E-state index is 12.4. The van der Waals surface area contributed by atoms with E-state index in [9.17, 15) is 4.79 Å². The third-order valence-corrected chi connectivity index (χ3v) is 4.01. The lowest BCUT2D eigenvalue weighted by atomic mass is 10.1. The van der Waals surface area contributed by atoms with Crippen molar-refractivity contribution in [2.45, 2.75) is 19.5 Å². The van der Waals surface area contributed by atoms with Crippen molar-refractivity contribution in [2.75, 3.05) is 11.9 Å². The summed E-state index contributed by atoms with van der Waals surface area (Å²) in [5.41, 5.74) is 4.17. The fourth-order valence-electron chi connectivity index (χ4n) is 2.79. The molecule has 0 saturated carbocycles. The molecule has 0 atom stereocenters. The van der Waals surface area contributed by atoms with Gasteiger partial charge < -0.3 is 10.6 Å². The molecule has 0 radical (unpaired) electrons. The molecule has 25 heavy (non-hydrogen) atoms. The van der Waals surface area contributed by atoms with E-state index in [1.165, 1.54) is 0 Å². The van der Waals surface area contributed by atoms with Gasteiger partial charge in [-0.25, -0.2) is 0 Å². The normalized spacial score (nSPS) is 13.0. The van der Waals surface area contributed by atoms with E-state index in [4.69, 9.17) is 0 Å². The van der Waals surface area contributed by atoms with Crippen LogP contribution in [0.1, 0.15) is 27.3 Å². The number of halogens is 1. The number of hydrogen-bond acceptors (Lipinski definition) is 5. The Morgan fingerprint density at radius 2 is 2.16 bits per heavy atom. The third-order valence-electron chi connectivity index (χ3n) is 4.01. The molecule has 0 bridgehead atoms. The number of fused-ring (bicyclic) bond motifs is 1. The first-order valence-electron chi connectivity index (χ1n) is 7.79. The molecule has 0 unspecified atom stereocenters. The Bertz CT molecular complexity index is 859. The first-order valence-corrected chi connectivity index (χ1v) is 7.79. The Labute approximate surface area is 150 Å². The number of nitrogens with one attached hydrogen (secondary N) is 3. The smallest absolute Gasteiger partial charge is 0.276 e. The Hall–Kier alpha value is -2.71. The van der Waals surface area contributed by atoms with E-state index < -0.39 is 0 Å². The lowest BCUT2D eigenvalue weighted by molar-refractivity contribution is 0.102. The third kappa shape index (κ3) is 3.70. The van der Waals surface area contributed by atoms with Crippen molar-refractivity contribution in [3.05, 3.63) is 59.4 Å². The fraction of sp³-hybridized carbons (Fsp3) is 0.250. The molecule has 1 amide bonds. The Morgan fingerprint density at radius 3 is 3.00 bits per heavy atom. The standard InChI is InChI=1S/C16H17N7O.ClH/c24-16(15-13-8-18-6-3-14(13)21-22-15)20-12-7-19-23(10-12)9-11-1-4-17-5-2-11;/h1-2,4-5,7,10,18H,3,6,8-9H2,(H,20,24)(H,21,22);1H. The number of H-pyrrole nitrogens is 1. The summed E-state index contributed by atoms with van der Waals surface area (Å²) in [6, 6.07) is 3.87. The average Bonchev–Trinajstić information content (AvgIpc) is 3.22. The number of carbonyl (C=O) groups is 1. The van der Waals surface area contributed by atoms with E-state index in [0.29, 0.717) is 24.5 Å². The molecule has 0 saturated heterocycles. The molecule has 3 N–H and O–H groups in total. The summed E-state index contributed by atoms with van der Waals surface area (Å²) in [7, 11) is 0. The van der Waals surface area contributed by atoms with E-state index in [2.05, 4.69) is 30.9 Å². The first kappa shape index (κ1) is 17.1. The maximum Gasteiger partial charge on any atom is 0.276 e. The minimum absolute atomic E-state index is 0. The largest absolute Gasteiger partial charge is 0.318 e. The van der Waals surface area contributed by atoms with Crippen molar-refractivity contribution in [1.29, 1.82) is 0 Å². The van der Waals surface area contributed by atoms with Gasteiger partial charge in [-0.05, 0) is 17.7 Å². The predicted molar refractivity (Wildman–Crippen MR) is 94.8 cm³/mol. The lowest BCUT2D eigenvalue weighted by Gasteiger charge is -2.12. The van der Waals surface area contributed by atoms with Gasteiger partial charge >= 0.3 is 0 Å². The van der Waals surface area contributed by atoms with Crippen LogP contribution in [0.15, 0.2) is 36.9 Å². The van der Waals surface area contributed by atoms with E-state index in [1.807, 2.05) is 12.1 Å². The topological polar surface area (TPSA) is 101 Å². The Kier molecular flexibility index (Phi) is 5.11. The number of anilines is 1. The second kappa shape index (κ2) is 7.45. The second-order valence-electron chi connectivity index (χ2n) is 5.69. The van der Waals surface area contributed by atoms with Crippen molar-refractivity contribution >= 4 is 24.0 Å². The zero-order chi connectivity index (χ0) is 16.4. The number of pyridine rings is 1. The highest BCUT2D eigenvalue weighted by molar-refractivity contribution is 6.03. The molecule has 0 aromatic carbocycles. The van der Waals surface area contributed by atoms with E-state index in [0.717, 1.165) is 29.8 Å². The molecule has 4 rings (SSSR count). The monoisotopic (exact) mass is 359 g/mol. The van der Waals surface area contributed by atoms with Gasteiger partial charge in [0, 0.05) is 49.4 Å². The Morgan fingerprint density at radius 1 is 1.32 bits per heavy atom. The molecule has 3 aromatic rings. The minimum Gasteiger partial charge on any atom is -0.318 e. The average molecular weight is 360 g/mol. The number of nitrogens with zero attached hydrogens (tertiary/aromatic N) is 4. The molecule has 0 fully saturated rings. The quantitative estimate of drug-likeness (QED) is 0.653. The van der Waals surface area contributed by atoms with Crippen molar-refractivity contribution in [3.8, 4) is 0 Å². The van der Waals surface area contributed by atoms with Crippen LogP contribution in [-0.2, 0) is 19.5 Å². The molecular weight excluding hydrogens is 342 g/mol. The van der Waals surface area contributed by atoms with Crippen LogP contribution in [0, 0.1) is 0 Å². The summed E-state index contributed by atoms with van der Waals surface area (Å²) in [5.74, 6) is -0.223. The molecule has 3 aromatic heterocycles. The lowest BCUT2D eigenvalue weighted by Crippen LogP contribution is -2.25. The van der Waals surface area contributed by atoms with Gasteiger partial charge in [-0.1, -0.05) is 0 Å². The maximum absolute atomic E-state index is 12.4. The predicted octanol–water partition coefficient (Wildman–Crippen LogP) is 1.37. The van der Waals surface area contributed by atoms with E-state index >= 15 is 0 Å². The summed E-state index contributed by atoms with van der Waals surface area (Å²) in [4.78, 5) is 16.4. The molecule has 9 heteroatoms. The van der Waals surface area contributed by atoms with Gasteiger partial charge in [-0.2, -0.15) is 10.2 Å². The highest BCUT2D eigenvalue weighted by Gasteiger charge is 2.21. The fourth-order valence-corrected chi connectivity index (χ4v) is 2.79. The van der Waals surface area contributed by atoms with Gasteiger partial charge in [0.25, 0.3) is 5.91 Å². The number of amides is 1. The minimum atomic E-state index is -0.223.